The smallest absolute Gasteiger partial charge is 0.307 e. The minimum atomic E-state index is -0.721. The van der Waals surface area contributed by atoms with Crippen molar-refractivity contribution in [2.75, 3.05) is 26.2 Å². The van der Waals surface area contributed by atoms with Gasteiger partial charge in [-0.25, -0.2) is 4.39 Å². The predicted molar refractivity (Wildman–Crippen MR) is 111 cm³/mol. The fraction of sp³-hybridized carbons (Fsp3) is 0.409. The van der Waals surface area contributed by atoms with Gasteiger partial charge in [-0.3, -0.25) is 4.79 Å². The van der Waals surface area contributed by atoms with E-state index >= 15 is 0 Å². The molecule has 0 amide bonds. The highest BCUT2D eigenvalue weighted by Gasteiger charge is 2.27. The first-order valence-corrected chi connectivity index (χ1v) is 11.0. The minimum absolute atomic E-state index is 0.196. The van der Waals surface area contributed by atoms with Crippen molar-refractivity contribution < 1.29 is 19.0 Å². The van der Waals surface area contributed by atoms with E-state index in [0.717, 1.165) is 40.3 Å². The number of rotatable bonds is 5. The van der Waals surface area contributed by atoms with Crippen molar-refractivity contribution in [1.29, 1.82) is 0 Å². The number of hydrogen-bond donors (Lipinski definition) is 1. The van der Waals surface area contributed by atoms with Gasteiger partial charge < -0.3 is 14.7 Å². The van der Waals surface area contributed by atoms with Crippen LogP contribution in [-0.2, 0) is 16.0 Å². The second-order valence-electron chi connectivity index (χ2n) is 7.58. The lowest BCUT2D eigenvalue weighted by Crippen LogP contribution is -2.40. The number of carboxylic acid groups (broad SMARTS) is 1. The number of nitrogens with zero attached hydrogens (tertiary/aromatic N) is 1. The molecule has 2 aliphatic rings. The van der Waals surface area contributed by atoms with E-state index in [1.54, 1.807) is 23.9 Å². The van der Waals surface area contributed by atoms with E-state index in [1.165, 1.54) is 6.07 Å². The third-order valence-corrected chi connectivity index (χ3v) is 6.98. The number of halogens is 2. The Balaban J connectivity index is 1.48. The Kier molecular flexibility index (Phi) is 6.44. The average molecular weight is 436 g/mol. The minimum Gasteiger partial charge on any atom is -0.481 e. The molecule has 0 bridgehead atoms. The van der Waals surface area contributed by atoms with Gasteiger partial charge in [0, 0.05) is 34.3 Å². The largest absolute Gasteiger partial charge is 0.481 e. The highest BCUT2D eigenvalue weighted by Crippen LogP contribution is 2.43. The van der Waals surface area contributed by atoms with E-state index in [4.69, 9.17) is 16.3 Å². The average Bonchev–Trinajstić information content (AvgIpc) is 2.84. The molecule has 1 fully saturated rings. The van der Waals surface area contributed by atoms with Crippen LogP contribution < -0.4 is 0 Å². The van der Waals surface area contributed by atoms with Crippen molar-refractivity contribution in [3.8, 4) is 0 Å². The molecule has 0 saturated carbocycles. The molecule has 0 aromatic heterocycles. The summed E-state index contributed by atoms with van der Waals surface area (Å²) in [6.45, 7) is 2.65. The van der Waals surface area contributed by atoms with Gasteiger partial charge in [0.2, 0.25) is 0 Å². The molecule has 154 valence electrons. The predicted octanol–water partition coefficient (Wildman–Crippen LogP) is 5.04. The fourth-order valence-corrected chi connectivity index (χ4v) is 5.36. The lowest BCUT2D eigenvalue weighted by Gasteiger charge is -2.31. The molecule has 2 heterocycles. The first-order valence-electron chi connectivity index (χ1n) is 9.82. The number of piperidine rings is 1. The third-order valence-electron chi connectivity index (χ3n) is 5.55. The van der Waals surface area contributed by atoms with Gasteiger partial charge in [0.25, 0.3) is 0 Å². The summed E-state index contributed by atoms with van der Waals surface area (Å²) in [6, 6.07) is 10.6. The number of aliphatic carboxylic acids is 1. The molecule has 2 aromatic carbocycles. The number of hydrogen-bond acceptors (Lipinski definition) is 4. The molecule has 2 unspecified atom stereocenters. The van der Waals surface area contributed by atoms with Gasteiger partial charge in [-0.2, -0.15) is 0 Å². The lowest BCUT2D eigenvalue weighted by molar-refractivity contribution is -0.143. The van der Waals surface area contributed by atoms with E-state index in [1.807, 2.05) is 18.2 Å². The van der Waals surface area contributed by atoms with Crippen LogP contribution in [0, 0.1) is 11.7 Å². The Morgan fingerprint density at radius 2 is 2.14 bits per heavy atom. The van der Waals surface area contributed by atoms with E-state index < -0.39 is 5.97 Å². The summed E-state index contributed by atoms with van der Waals surface area (Å²) in [5.74, 6) is -1.28. The maximum absolute atomic E-state index is 13.9. The summed E-state index contributed by atoms with van der Waals surface area (Å²) >= 11 is 7.74. The van der Waals surface area contributed by atoms with Gasteiger partial charge in [-0.1, -0.05) is 29.4 Å². The van der Waals surface area contributed by atoms with Crippen LogP contribution in [0.15, 0.2) is 46.2 Å². The summed E-state index contributed by atoms with van der Waals surface area (Å²) in [4.78, 5) is 15.3. The molecule has 2 aliphatic heterocycles. The first kappa shape index (κ1) is 20.7. The van der Waals surface area contributed by atoms with Gasteiger partial charge in [0.15, 0.2) is 0 Å². The van der Waals surface area contributed by atoms with Crippen molar-refractivity contribution >= 4 is 29.3 Å². The molecule has 0 radical (unpaired) electrons. The molecule has 7 heteroatoms. The standard InChI is InChI=1S/C22H23ClFNO3S/c23-16-3-6-20-15(10-16)11-19(18-5-4-17(24)12-21(18)29-20)28-9-8-25-7-1-2-14(13-25)22(26)27/h3-6,10,12,14,19H,1-2,7-9,11,13H2,(H,26,27). The molecule has 1 saturated heterocycles. The first-order chi connectivity index (χ1) is 14.0. The van der Waals surface area contributed by atoms with Crippen molar-refractivity contribution in [3.05, 3.63) is 58.4 Å². The summed E-state index contributed by atoms with van der Waals surface area (Å²) in [5.41, 5.74) is 2.07. The second kappa shape index (κ2) is 9.04. The number of carbonyl (C=O) groups is 1. The highest BCUT2D eigenvalue weighted by atomic mass is 35.5. The maximum Gasteiger partial charge on any atom is 0.307 e. The van der Waals surface area contributed by atoms with E-state index in [-0.39, 0.29) is 17.8 Å². The van der Waals surface area contributed by atoms with Crippen molar-refractivity contribution in [2.45, 2.75) is 35.2 Å². The molecule has 1 N–H and O–H groups in total. The molecule has 29 heavy (non-hydrogen) atoms. The fourth-order valence-electron chi connectivity index (χ4n) is 4.03. The van der Waals surface area contributed by atoms with Crippen LogP contribution in [0.5, 0.6) is 0 Å². The lowest BCUT2D eigenvalue weighted by atomic mass is 9.98. The van der Waals surface area contributed by atoms with Crippen LogP contribution in [0.4, 0.5) is 4.39 Å². The molecule has 2 aromatic rings. The summed E-state index contributed by atoms with van der Waals surface area (Å²) in [7, 11) is 0. The normalized spacial score (nSPS) is 21.9. The zero-order valence-corrected chi connectivity index (χ0v) is 17.5. The number of carboxylic acids is 1. The van der Waals surface area contributed by atoms with Crippen LogP contribution in [0.1, 0.15) is 30.1 Å². The Hall–Kier alpha value is -1.60. The van der Waals surface area contributed by atoms with E-state index in [2.05, 4.69) is 4.90 Å². The quantitative estimate of drug-likeness (QED) is 0.712. The molecule has 2 atom stereocenters. The van der Waals surface area contributed by atoms with Crippen LogP contribution in [-0.4, -0.2) is 42.2 Å². The Morgan fingerprint density at radius 1 is 1.28 bits per heavy atom. The zero-order valence-electron chi connectivity index (χ0n) is 15.9. The highest BCUT2D eigenvalue weighted by molar-refractivity contribution is 7.99. The van der Waals surface area contributed by atoms with Crippen LogP contribution in [0.2, 0.25) is 5.02 Å². The zero-order chi connectivity index (χ0) is 20.4. The number of ether oxygens (including phenoxy) is 1. The molecule has 0 aliphatic carbocycles. The second-order valence-corrected chi connectivity index (χ2v) is 9.10. The molecule has 0 spiro atoms. The number of likely N-dealkylation sites (tertiary alicyclic amines) is 1. The van der Waals surface area contributed by atoms with Crippen LogP contribution >= 0.6 is 23.4 Å². The topological polar surface area (TPSA) is 49.8 Å². The summed E-state index contributed by atoms with van der Waals surface area (Å²) in [5, 5.41) is 9.94. The van der Waals surface area contributed by atoms with Gasteiger partial charge in [-0.05, 0) is 60.8 Å². The van der Waals surface area contributed by atoms with Crippen molar-refractivity contribution in [2.24, 2.45) is 5.92 Å². The van der Waals surface area contributed by atoms with Crippen molar-refractivity contribution in [1.82, 2.24) is 4.90 Å². The Morgan fingerprint density at radius 3 is 2.97 bits per heavy atom. The third kappa shape index (κ3) is 4.94. The number of fused-ring (bicyclic) bond motifs is 2. The van der Waals surface area contributed by atoms with Crippen LogP contribution in [0.3, 0.4) is 0 Å². The summed E-state index contributed by atoms with van der Waals surface area (Å²) in [6.07, 6.45) is 2.10. The van der Waals surface area contributed by atoms with Crippen molar-refractivity contribution in [3.63, 3.8) is 0 Å². The van der Waals surface area contributed by atoms with Crippen LogP contribution in [0.25, 0.3) is 0 Å². The molecular weight excluding hydrogens is 413 g/mol. The Bertz CT molecular complexity index is 910. The molecular formula is C22H23ClFNO3S. The Labute approximate surface area is 179 Å². The molecule has 4 nitrogen and oxygen atoms in total. The molecule has 4 rings (SSSR count). The van der Waals surface area contributed by atoms with E-state index in [0.29, 0.717) is 31.1 Å². The van der Waals surface area contributed by atoms with Gasteiger partial charge in [0.05, 0.1) is 18.6 Å². The van der Waals surface area contributed by atoms with Gasteiger partial charge >= 0.3 is 5.97 Å². The maximum atomic E-state index is 13.9. The monoisotopic (exact) mass is 435 g/mol. The van der Waals surface area contributed by atoms with E-state index in [9.17, 15) is 14.3 Å². The SMILES string of the molecule is O=C(O)C1CCCN(CCOC2Cc3cc(Cl)ccc3Sc3cc(F)ccc32)C1. The van der Waals surface area contributed by atoms with Gasteiger partial charge in [0.1, 0.15) is 5.82 Å². The van der Waals surface area contributed by atoms with Gasteiger partial charge in [-0.15, -0.1) is 0 Å². The number of benzene rings is 2. The summed E-state index contributed by atoms with van der Waals surface area (Å²) < 4.78 is 20.1.